The molecule has 0 saturated carbocycles. The molecule has 2 rings (SSSR count). The number of carbonyl (C=O) groups excluding carboxylic acids is 1. The van der Waals surface area contributed by atoms with Crippen LogP contribution in [-0.4, -0.2) is 18.2 Å². The van der Waals surface area contributed by atoms with Crippen molar-refractivity contribution in [2.24, 2.45) is 5.10 Å². The Hall–Kier alpha value is -1.89. The van der Waals surface area contributed by atoms with Gasteiger partial charge in [0.15, 0.2) is 0 Å². The Kier molecular flexibility index (Phi) is 7.24. The molecule has 1 amide bonds. The number of amides is 1. The summed E-state index contributed by atoms with van der Waals surface area (Å²) in [6.07, 6.45) is 1.56. The topological polar surface area (TPSA) is 53.5 Å². The molecule has 4 nitrogen and oxygen atoms in total. The average molecular weight is 435 g/mol. The van der Waals surface area contributed by atoms with Crippen LogP contribution in [0.1, 0.15) is 24.5 Å². The van der Waals surface area contributed by atoms with E-state index in [1.165, 1.54) is 9.13 Å². The zero-order valence-corrected chi connectivity index (χ0v) is 16.1. The molecular weight excluding hydrogens is 413 g/mol. The van der Waals surface area contributed by atoms with Gasteiger partial charge in [0.1, 0.15) is 0 Å². The van der Waals surface area contributed by atoms with Gasteiger partial charge in [0, 0.05) is 21.4 Å². The van der Waals surface area contributed by atoms with Crippen LogP contribution >= 0.6 is 22.6 Å². The monoisotopic (exact) mass is 435 g/mol. The summed E-state index contributed by atoms with van der Waals surface area (Å²) in [5.41, 5.74) is 6.88. The van der Waals surface area contributed by atoms with Crippen molar-refractivity contribution < 1.29 is 4.79 Å². The van der Waals surface area contributed by atoms with Crippen LogP contribution in [0.15, 0.2) is 53.6 Å². The van der Waals surface area contributed by atoms with Gasteiger partial charge in [-0.1, -0.05) is 37.3 Å². The molecule has 0 saturated heterocycles. The van der Waals surface area contributed by atoms with E-state index in [4.69, 9.17) is 0 Å². The van der Waals surface area contributed by atoms with Crippen molar-refractivity contribution >= 4 is 39.9 Å². The number of anilines is 1. The Morgan fingerprint density at radius 1 is 1.17 bits per heavy atom. The third kappa shape index (κ3) is 5.96. The largest absolute Gasteiger partial charge is 0.376 e. The fraction of sp³-hybridized carbons (Fsp3) is 0.263. The summed E-state index contributed by atoms with van der Waals surface area (Å²) >= 11 is 2.27. The molecule has 0 aliphatic rings. The molecular formula is C19H22IN3O. The maximum atomic E-state index is 12.0. The number of hydrogen-bond acceptors (Lipinski definition) is 3. The van der Waals surface area contributed by atoms with E-state index < -0.39 is 0 Å². The Balaban J connectivity index is 1.86. The number of nitrogens with one attached hydrogen (secondary N) is 2. The fourth-order valence-electron chi connectivity index (χ4n) is 2.26. The van der Waals surface area contributed by atoms with Gasteiger partial charge in [0.05, 0.1) is 6.54 Å². The molecule has 5 heteroatoms. The van der Waals surface area contributed by atoms with Crippen LogP contribution in [0.25, 0.3) is 0 Å². The lowest BCUT2D eigenvalue weighted by Crippen LogP contribution is -2.27. The molecule has 0 aliphatic heterocycles. The summed E-state index contributed by atoms with van der Waals surface area (Å²) in [6.45, 7) is 4.27. The molecule has 0 aliphatic carbocycles. The smallest absolute Gasteiger partial charge is 0.259 e. The quantitative estimate of drug-likeness (QED) is 0.390. The van der Waals surface area contributed by atoms with Crippen LogP contribution < -0.4 is 10.7 Å². The van der Waals surface area contributed by atoms with Crippen molar-refractivity contribution in [3.05, 3.63) is 63.2 Å². The fourth-order valence-corrected chi connectivity index (χ4v) is 2.90. The normalized spacial score (nSPS) is 11.2. The first-order valence-corrected chi connectivity index (χ1v) is 9.04. The van der Waals surface area contributed by atoms with E-state index in [2.05, 4.69) is 56.6 Å². The highest BCUT2D eigenvalue weighted by Gasteiger charge is 2.04. The summed E-state index contributed by atoms with van der Waals surface area (Å²) in [5, 5.41) is 7.41. The van der Waals surface area contributed by atoms with Gasteiger partial charge < -0.3 is 5.32 Å². The predicted molar refractivity (Wildman–Crippen MR) is 108 cm³/mol. The number of hydrogen-bond donors (Lipinski definition) is 2. The molecule has 0 bridgehead atoms. The summed E-state index contributed by atoms with van der Waals surface area (Å²) in [5.74, 6) is -0.146. The first kappa shape index (κ1) is 18.4. The van der Waals surface area contributed by atoms with Gasteiger partial charge in [-0.05, 0) is 65.3 Å². The van der Waals surface area contributed by atoms with E-state index in [9.17, 15) is 4.79 Å². The molecule has 0 fully saturated rings. The van der Waals surface area contributed by atoms with E-state index in [-0.39, 0.29) is 12.5 Å². The second-order valence-electron chi connectivity index (χ2n) is 5.54. The van der Waals surface area contributed by atoms with E-state index in [1.807, 2.05) is 44.2 Å². The maximum Gasteiger partial charge on any atom is 0.259 e. The van der Waals surface area contributed by atoms with Crippen molar-refractivity contribution in [1.29, 1.82) is 0 Å². The van der Waals surface area contributed by atoms with Gasteiger partial charge in [0.2, 0.25) is 0 Å². The van der Waals surface area contributed by atoms with Crippen LogP contribution in [0.2, 0.25) is 0 Å². The lowest BCUT2D eigenvalue weighted by atomic mass is 10.1. The highest BCUT2D eigenvalue weighted by molar-refractivity contribution is 14.1. The van der Waals surface area contributed by atoms with E-state index >= 15 is 0 Å². The number of nitrogens with zero attached hydrogens (tertiary/aromatic N) is 1. The third-order valence-corrected chi connectivity index (χ3v) is 4.30. The molecule has 0 spiro atoms. The summed E-state index contributed by atoms with van der Waals surface area (Å²) < 4.78 is 1.18. The first-order valence-electron chi connectivity index (χ1n) is 7.96. The van der Waals surface area contributed by atoms with Crippen molar-refractivity contribution in [2.75, 3.05) is 11.9 Å². The standard InChI is InChI=1S/C19H22IN3O/c1-3-17(12-15-7-5-4-6-8-15)22-23-19(24)13-21-18-10-9-16(20)11-14(18)2/h4-11,21H,3,12-13H2,1-2H3,(H,23,24). The summed E-state index contributed by atoms with van der Waals surface area (Å²) in [6, 6.07) is 16.2. The van der Waals surface area contributed by atoms with Crippen LogP contribution in [0.3, 0.4) is 0 Å². The summed E-state index contributed by atoms with van der Waals surface area (Å²) in [4.78, 5) is 12.0. The van der Waals surface area contributed by atoms with Crippen molar-refractivity contribution in [3.8, 4) is 0 Å². The molecule has 126 valence electrons. The van der Waals surface area contributed by atoms with Crippen molar-refractivity contribution in [2.45, 2.75) is 26.7 Å². The lowest BCUT2D eigenvalue weighted by molar-refractivity contribution is -0.119. The Bertz CT molecular complexity index is 714. The van der Waals surface area contributed by atoms with Gasteiger partial charge >= 0.3 is 0 Å². The van der Waals surface area contributed by atoms with Crippen LogP contribution in [0, 0.1) is 10.5 Å². The van der Waals surface area contributed by atoms with Crippen LogP contribution in [0.4, 0.5) is 5.69 Å². The molecule has 0 aromatic heterocycles. The molecule has 0 unspecified atom stereocenters. The minimum absolute atomic E-state index is 0.146. The molecule has 2 N–H and O–H groups in total. The van der Waals surface area contributed by atoms with Crippen LogP contribution in [-0.2, 0) is 11.2 Å². The average Bonchev–Trinajstić information content (AvgIpc) is 2.58. The number of benzene rings is 2. The highest BCUT2D eigenvalue weighted by Crippen LogP contribution is 2.17. The summed E-state index contributed by atoms with van der Waals surface area (Å²) in [7, 11) is 0. The van der Waals surface area contributed by atoms with E-state index in [0.29, 0.717) is 0 Å². The molecule has 2 aromatic carbocycles. The molecule has 0 radical (unpaired) electrons. The highest BCUT2D eigenvalue weighted by atomic mass is 127. The molecule has 0 atom stereocenters. The lowest BCUT2D eigenvalue weighted by Gasteiger charge is -2.09. The molecule has 2 aromatic rings. The number of hydrazone groups is 1. The number of rotatable bonds is 7. The Morgan fingerprint density at radius 3 is 2.58 bits per heavy atom. The molecule has 24 heavy (non-hydrogen) atoms. The van der Waals surface area contributed by atoms with Gasteiger partial charge in [-0.2, -0.15) is 5.10 Å². The minimum atomic E-state index is -0.146. The second-order valence-corrected chi connectivity index (χ2v) is 6.79. The Labute approximate surface area is 156 Å². The SMILES string of the molecule is CCC(Cc1ccccc1)=NNC(=O)CNc1ccc(I)cc1C. The molecule has 0 heterocycles. The first-order chi connectivity index (χ1) is 11.6. The number of carbonyl (C=O) groups is 1. The van der Waals surface area contributed by atoms with Gasteiger partial charge in [-0.25, -0.2) is 5.43 Å². The van der Waals surface area contributed by atoms with Gasteiger partial charge in [-0.15, -0.1) is 0 Å². The third-order valence-electron chi connectivity index (χ3n) is 3.63. The maximum absolute atomic E-state index is 12.0. The van der Waals surface area contributed by atoms with Crippen LogP contribution in [0.5, 0.6) is 0 Å². The van der Waals surface area contributed by atoms with E-state index in [0.717, 1.165) is 29.8 Å². The van der Waals surface area contributed by atoms with Crippen molar-refractivity contribution in [3.63, 3.8) is 0 Å². The van der Waals surface area contributed by atoms with E-state index in [1.54, 1.807) is 0 Å². The van der Waals surface area contributed by atoms with Gasteiger partial charge in [-0.3, -0.25) is 4.79 Å². The number of halogens is 1. The number of aryl methyl sites for hydroxylation is 1. The zero-order valence-electron chi connectivity index (χ0n) is 14.0. The van der Waals surface area contributed by atoms with Gasteiger partial charge in [0.25, 0.3) is 5.91 Å². The Morgan fingerprint density at radius 2 is 1.92 bits per heavy atom. The predicted octanol–water partition coefficient (Wildman–Crippen LogP) is 4.14. The zero-order chi connectivity index (χ0) is 17.4. The minimum Gasteiger partial charge on any atom is -0.376 e. The second kappa shape index (κ2) is 9.42. The van der Waals surface area contributed by atoms with Crippen molar-refractivity contribution in [1.82, 2.24) is 5.43 Å².